The van der Waals surface area contributed by atoms with E-state index in [-0.39, 0.29) is 17.4 Å². The summed E-state index contributed by atoms with van der Waals surface area (Å²) in [6, 6.07) is 17.2. The molecule has 8 nitrogen and oxygen atoms in total. The van der Waals surface area contributed by atoms with Crippen LogP contribution in [0, 0.1) is 6.92 Å². The van der Waals surface area contributed by atoms with Crippen molar-refractivity contribution in [2.24, 2.45) is 0 Å². The largest absolute Gasteiger partial charge is 0.484 e. The third-order valence-electron chi connectivity index (χ3n) is 4.42. The molecule has 3 aromatic carbocycles. The van der Waals surface area contributed by atoms with E-state index < -0.39 is 15.9 Å². The maximum atomic E-state index is 12.6. The van der Waals surface area contributed by atoms with Crippen LogP contribution >= 0.6 is 11.6 Å². The van der Waals surface area contributed by atoms with E-state index in [0.717, 1.165) is 5.56 Å². The van der Waals surface area contributed by atoms with E-state index in [1.54, 1.807) is 36.4 Å². The molecule has 0 aliphatic rings. The van der Waals surface area contributed by atoms with Crippen molar-refractivity contribution in [2.45, 2.75) is 18.7 Å². The van der Waals surface area contributed by atoms with E-state index in [9.17, 15) is 18.0 Å². The van der Waals surface area contributed by atoms with Crippen LogP contribution in [0.25, 0.3) is 0 Å². The molecule has 3 rings (SSSR count). The van der Waals surface area contributed by atoms with Crippen molar-refractivity contribution in [3.63, 3.8) is 0 Å². The predicted octanol–water partition coefficient (Wildman–Crippen LogP) is 4.43. The molecule has 0 aromatic heterocycles. The molecule has 0 fully saturated rings. The van der Waals surface area contributed by atoms with Gasteiger partial charge >= 0.3 is 0 Å². The molecule has 0 aliphatic carbocycles. The minimum absolute atomic E-state index is 0.0373. The third-order valence-corrected chi connectivity index (χ3v) is 6.22. The van der Waals surface area contributed by atoms with E-state index >= 15 is 0 Å². The zero-order valence-corrected chi connectivity index (χ0v) is 19.5. The van der Waals surface area contributed by atoms with Crippen LogP contribution < -0.4 is 20.1 Å². The number of hydrogen-bond acceptors (Lipinski definition) is 5. The van der Waals surface area contributed by atoms with Crippen molar-refractivity contribution in [3.05, 3.63) is 77.3 Å². The number of rotatable bonds is 8. The lowest BCUT2D eigenvalue weighted by atomic mass is 10.2. The lowest BCUT2D eigenvalue weighted by molar-refractivity contribution is -0.118. The van der Waals surface area contributed by atoms with E-state index in [0.29, 0.717) is 27.8 Å². The van der Waals surface area contributed by atoms with Gasteiger partial charge in [0.05, 0.1) is 10.6 Å². The van der Waals surface area contributed by atoms with Crippen LogP contribution in [0.2, 0.25) is 5.02 Å². The second-order valence-corrected chi connectivity index (χ2v) is 9.23. The van der Waals surface area contributed by atoms with Crippen molar-refractivity contribution in [1.29, 1.82) is 0 Å². The summed E-state index contributed by atoms with van der Waals surface area (Å²) >= 11 is 6.05. The van der Waals surface area contributed by atoms with Gasteiger partial charge in [-0.3, -0.25) is 14.3 Å². The number of anilines is 3. The molecule has 0 saturated carbocycles. The highest BCUT2D eigenvalue weighted by Crippen LogP contribution is 2.23. The molecule has 2 amide bonds. The fraction of sp³-hybridized carbons (Fsp3) is 0.130. The lowest BCUT2D eigenvalue weighted by Gasteiger charge is -2.11. The number of nitrogens with one attached hydrogen (secondary N) is 3. The molecule has 0 atom stereocenters. The van der Waals surface area contributed by atoms with Crippen molar-refractivity contribution < 1.29 is 22.7 Å². The quantitative estimate of drug-likeness (QED) is 0.435. The number of ether oxygens (including phenoxy) is 1. The van der Waals surface area contributed by atoms with Crippen LogP contribution in [0.15, 0.2) is 71.6 Å². The van der Waals surface area contributed by atoms with Gasteiger partial charge in [-0.05, 0) is 73.2 Å². The molecule has 33 heavy (non-hydrogen) atoms. The van der Waals surface area contributed by atoms with Crippen molar-refractivity contribution in [2.75, 3.05) is 22.0 Å². The molecule has 0 unspecified atom stereocenters. The van der Waals surface area contributed by atoms with Crippen molar-refractivity contribution in [3.8, 4) is 5.75 Å². The highest BCUT2D eigenvalue weighted by molar-refractivity contribution is 7.92. The molecule has 172 valence electrons. The second-order valence-electron chi connectivity index (χ2n) is 7.14. The second kappa shape index (κ2) is 10.4. The Hall–Kier alpha value is -3.56. The van der Waals surface area contributed by atoms with Gasteiger partial charge in [0, 0.05) is 23.3 Å². The van der Waals surface area contributed by atoms with Crippen LogP contribution in [-0.2, 0) is 19.6 Å². The molecule has 0 radical (unpaired) electrons. The van der Waals surface area contributed by atoms with Gasteiger partial charge in [0.2, 0.25) is 5.91 Å². The summed E-state index contributed by atoms with van der Waals surface area (Å²) in [5, 5.41) is 5.77. The molecule has 0 saturated heterocycles. The fourth-order valence-electron chi connectivity index (χ4n) is 2.77. The summed E-state index contributed by atoms with van der Waals surface area (Å²) in [5.74, 6) is -0.241. The first-order valence-corrected chi connectivity index (χ1v) is 11.7. The Morgan fingerprint density at radius 3 is 2.03 bits per heavy atom. The molecule has 3 aromatic rings. The maximum Gasteiger partial charge on any atom is 0.262 e. The van der Waals surface area contributed by atoms with E-state index in [1.165, 1.54) is 37.3 Å². The maximum absolute atomic E-state index is 12.6. The summed E-state index contributed by atoms with van der Waals surface area (Å²) in [5.41, 5.74) is 2.35. The van der Waals surface area contributed by atoms with Crippen LogP contribution in [0.5, 0.6) is 5.75 Å². The minimum Gasteiger partial charge on any atom is -0.484 e. The Kier molecular flexibility index (Phi) is 7.57. The third kappa shape index (κ3) is 6.96. The number of halogens is 1. The van der Waals surface area contributed by atoms with Gasteiger partial charge in [-0.2, -0.15) is 0 Å². The number of amides is 2. The van der Waals surface area contributed by atoms with E-state index in [1.807, 2.05) is 6.92 Å². The normalized spacial score (nSPS) is 10.9. The zero-order chi connectivity index (χ0) is 24.0. The van der Waals surface area contributed by atoms with Crippen LogP contribution in [-0.4, -0.2) is 26.8 Å². The lowest BCUT2D eigenvalue weighted by Crippen LogP contribution is -2.20. The standard InChI is InChI=1S/C23H22ClN3O5S/c1-15-3-4-19(13-22(15)24)27-33(30,31)21-11-9-20(10-12-21)32-14-23(29)26-18-7-5-17(6-8-18)25-16(2)28/h3-13,27H,14H2,1-2H3,(H,25,28)(H,26,29). The number of carbonyl (C=O) groups is 2. The molecule has 10 heteroatoms. The topological polar surface area (TPSA) is 114 Å². The molecular weight excluding hydrogens is 466 g/mol. The number of aryl methyl sites for hydroxylation is 1. The number of carbonyl (C=O) groups excluding carboxylic acids is 2. The Balaban J connectivity index is 1.54. The SMILES string of the molecule is CC(=O)Nc1ccc(NC(=O)COc2ccc(S(=O)(=O)Nc3ccc(C)c(Cl)c3)cc2)cc1. The van der Waals surface area contributed by atoms with Gasteiger partial charge in [0.15, 0.2) is 6.61 Å². The van der Waals surface area contributed by atoms with Crippen LogP contribution in [0.3, 0.4) is 0 Å². The number of hydrogen-bond donors (Lipinski definition) is 3. The Morgan fingerprint density at radius 2 is 1.45 bits per heavy atom. The fourth-order valence-corrected chi connectivity index (χ4v) is 4.00. The molecule has 0 heterocycles. The average Bonchev–Trinajstić information content (AvgIpc) is 2.76. The van der Waals surface area contributed by atoms with Gasteiger partial charge < -0.3 is 15.4 Å². The summed E-state index contributed by atoms with van der Waals surface area (Å²) in [4.78, 5) is 23.2. The predicted molar refractivity (Wildman–Crippen MR) is 128 cm³/mol. The highest BCUT2D eigenvalue weighted by atomic mass is 35.5. The van der Waals surface area contributed by atoms with Crippen molar-refractivity contribution >= 4 is 50.5 Å². The molecule has 3 N–H and O–H groups in total. The minimum atomic E-state index is -3.81. The number of benzene rings is 3. The molecule has 0 bridgehead atoms. The monoisotopic (exact) mass is 487 g/mol. The first-order valence-electron chi connectivity index (χ1n) is 9.82. The van der Waals surface area contributed by atoms with Gasteiger partial charge in [-0.1, -0.05) is 17.7 Å². The summed E-state index contributed by atoms with van der Waals surface area (Å²) in [6.07, 6.45) is 0. The van der Waals surface area contributed by atoms with E-state index in [2.05, 4.69) is 15.4 Å². The van der Waals surface area contributed by atoms with Gasteiger partial charge in [-0.15, -0.1) is 0 Å². The summed E-state index contributed by atoms with van der Waals surface area (Å²) in [7, 11) is -3.81. The van der Waals surface area contributed by atoms with Crippen LogP contribution in [0.4, 0.5) is 17.1 Å². The Labute approximate surface area is 197 Å². The van der Waals surface area contributed by atoms with E-state index in [4.69, 9.17) is 16.3 Å². The van der Waals surface area contributed by atoms with Gasteiger partial charge in [0.1, 0.15) is 5.75 Å². The van der Waals surface area contributed by atoms with Gasteiger partial charge in [-0.25, -0.2) is 8.42 Å². The molecule has 0 spiro atoms. The molecular formula is C23H22ClN3O5S. The molecule has 0 aliphatic heterocycles. The average molecular weight is 488 g/mol. The first kappa shape index (κ1) is 24.1. The zero-order valence-electron chi connectivity index (χ0n) is 17.9. The Morgan fingerprint density at radius 1 is 0.879 bits per heavy atom. The first-order chi connectivity index (χ1) is 15.6. The van der Waals surface area contributed by atoms with Gasteiger partial charge in [0.25, 0.3) is 15.9 Å². The highest BCUT2D eigenvalue weighted by Gasteiger charge is 2.15. The van der Waals surface area contributed by atoms with Crippen molar-refractivity contribution in [1.82, 2.24) is 0 Å². The smallest absolute Gasteiger partial charge is 0.262 e. The summed E-state index contributed by atoms with van der Waals surface area (Å²) < 4.78 is 33.1. The van der Waals surface area contributed by atoms with Crippen LogP contribution in [0.1, 0.15) is 12.5 Å². The summed E-state index contributed by atoms with van der Waals surface area (Å²) in [6.45, 7) is 2.97. The number of sulfonamides is 1. The Bertz CT molecular complexity index is 1260.